The Morgan fingerprint density at radius 2 is 1.90 bits per heavy atom. The van der Waals surface area contributed by atoms with Crippen LogP contribution in [-0.2, 0) is 6.54 Å². The second kappa shape index (κ2) is 7.13. The highest BCUT2D eigenvalue weighted by Gasteiger charge is 2.43. The van der Waals surface area contributed by atoms with Gasteiger partial charge in [-0.1, -0.05) is 12.1 Å². The van der Waals surface area contributed by atoms with Crippen molar-refractivity contribution >= 4 is 17.5 Å². The van der Waals surface area contributed by atoms with Crippen molar-refractivity contribution in [2.24, 2.45) is 0 Å². The molecule has 1 aromatic carbocycles. The largest absolute Gasteiger partial charge is 0.586 e. The van der Waals surface area contributed by atoms with Gasteiger partial charge in [-0.2, -0.15) is 0 Å². The Balaban J connectivity index is 1.17. The molecule has 4 heterocycles. The fourth-order valence-electron chi connectivity index (χ4n) is 3.70. The summed E-state index contributed by atoms with van der Waals surface area (Å²) in [6.07, 6.45) is -0.133. The van der Waals surface area contributed by atoms with Gasteiger partial charge < -0.3 is 14.4 Å². The van der Waals surface area contributed by atoms with Crippen molar-refractivity contribution < 1.29 is 23.0 Å². The molecule has 0 aliphatic carbocycles. The number of hydrogen-bond acceptors (Lipinski definition) is 5. The van der Waals surface area contributed by atoms with Crippen molar-refractivity contribution in [3.8, 4) is 11.5 Å². The topological polar surface area (TPSA) is 71.3 Å². The maximum atomic E-state index is 13.2. The lowest BCUT2D eigenvalue weighted by atomic mass is 10.1. The number of ether oxygens (including phenoxy) is 2. The Labute approximate surface area is 170 Å². The smallest absolute Gasteiger partial charge is 0.395 e. The number of imidazole rings is 1. The predicted molar refractivity (Wildman–Crippen MR) is 104 cm³/mol. The fraction of sp³-hybridized carbons (Fsp3) is 0.300. The summed E-state index contributed by atoms with van der Waals surface area (Å²) in [6, 6.07) is 10.2. The van der Waals surface area contributed by atoms with Gasteiger partial charge in [0.15, 0.2) is 11.5 Å². The minimum absolute atomic E-state index is 0.0400. The fourth-order valence-corrected chi connectivity index (χ4v) is 3.70. The number of urea groups is 1. The molecule has 156 valence electrons. The van der Waals surface area contributed by atoms with E-state index in [4.69, 9.17) is 0 Å². The standard InChI is InChI=1S/C20H19F2N5O3/c21-20(22)29-15-5-4-14(12-16(15)30-20)13-25-8-10-26(11-9-25)19(28)24-18-3-1-2-17-23-6-7-27(17)18/h1-7,12H,8-11,13H2,(H,24,28). The third-order valence-corrected chi connectivity index (χ3v) is 5.19. The number of nitrogens with one attached hydrogen (secondary N) is 1. The number of rotatable bonds is 3. The van der Waals surface area contributed by atoms with Gasteiger partial charge >= 0.3 is 12.3 Å². The molecular weight excluding hydrogens is 396 g/mol. The van der Waals surface area contributed by atoms with Crippen LogP contribution in [0.2, 0.25) is 0 Å². The highest BCUT2D eigenvalue weighted by molar-refractivity contribution is 5.88. The van der Waals surface area contributed by atoms with Crippen LogP contribution in [-0.4, -0.2) is 57.7 Å². The number of amides is 2. The van der Waals surface area contributed by atoms with Crippen molar-refractivity contribution in [3.63, 3.8) is 0 Å². The normalized spacial score (nSPS) is 18.0. The molecule has 0 radical (unpaired) electrons. The first-order valence-corrected chi connectivity index (χ1v) is 9.56. The van der Waals surface area contributed by atoms with Gasteiger partial charge in [0.05, 0.1) is 0 Å². The number of fused-ring (bicyclic) bond motifs is 2. The van der Waals surface area contributed by atoms with Gasteiger partial charge in [-0.15, -0.1) is 8.78 Å². The molecule has 0 saturated carbocycles. The zero-order chi connectivity index (χ0) is 20.7. The van der Waals surface area contributed by atoms with E-state index in [1.165, 1.54) is 6.07 Å². The predicted octanol–water partition coefficient (Wildman–Crippen LogP) is 3.01. The van der Waals surface area contributed by atoms with Crippen LogP contribution in [0, 0.1) is 0 Å². The number of carbonyl (C=O) groups excluding carboxylic acids is 1. The lowest BCUT2D eigenvalue weighted by Crippen LogP contribution is -2.49. The lowest BCUT2D eigenvalue weighted by Gasteiger charge is -2.34. The summed E-state index contributed by atoms with van der Waals surface area (Å²) in [5.41, 5.74) is 1.61. The summed E-state index contributed by atoms with van der Waals surface area (Å²) in [5.74, 6) is 0.747. The molecule has 5 rings (SSSR count). The monoisotopic (exact) mass is 415 g/mol. The van der Waals surface area contributed by atoms with Gasteiger partial charge in [-0.3, -0.25) is 14.6 Å². The highest BCUT2D eigenvalue weighted by atomic mass is 19.3. The SMILES string of the molecule is O=C(Nc1cccc2nccn12)N1CCN(Cc2ccc3c(c2)OC(F)(F)O3)CC1. The number of anilines is 1. The van der Waals surface area contributed by atoms with Crippen LogP contribution < -0.4 is 14.8 Å². The van der Waals surface area contributed by atoms with Crippen LogP contribution in [0.4, 0.5) is 19.4 Å². The van der Waals surface area contributed by atoms with Gasteiger partial charge in [0, 0.05) is 45.1 Å². The average molecular weight is 415 g/mol. The number of piperazine rings is 1. The summed E-state index contributed by atoms with van der Waals surface area (Å²) in [4.78, 5) is 20.8. The molecule has 8 nitrogen and oxygen atoms in total. The Morgan fingerprint density at radius 1 is 1.10 bits per heavy atom. The number of alkyl halides is 2. The molecule has 0 spiro atoms. The molecule has 0 unspecified atom stereocenters. The molecule has 1 saturated heterocycles. The van der Waals surface area contributed by atoms with Crippen LogP contribution >= 0.6 is 0 Å². The third-order valence-electron chi connectivity index (χ3n) is 5.19. The number of benzene rings is 1. The zero-order valence-corrected chi connectivity index (χ0v) is 15.9. The maximum Gasteiger partial charge on any atom is 0.586 e. The van der Waals surface area contributed by atoms with Crippen molar-refractivity contribution in [3.05, 3.63) is 54.4 Å². The number of halogens is 2. The molecule has 2 aromatic heterocycles. The van der Waals surface area contributed by atoms with E-state index in [2.05, 4.69) is 24.7 Å². The molecule has 1 N–H and O–H groups in total. The first-order valence-electron chi connectivity index (χ1n) is 9.56. The Kier molecular flexibility index (Phi) is 4.43. The lowest BCUT2D eigenvalue weighted by molar-refractivity contribution is -0.286. The summed E-state index contributed by atoms with van der Waals surface area (Å²) in [5, 5.41) is 2.93. The molecule has 30 heavy (non-hydrogen) atoms. The molecule has 3 aromatic rings. The first kappa shape index (κ1) is 18.6. The van der Waals surface area contributed by atoms with Gasteiger partial charge in [-0.25, -0.2) is 9.78 Å². The Hall–Kier alpha value is -3.40. The molecule has 10 heteroatoms. The maximum absolute atomic E-state index is 13.2. The van der Waals surface area contributed by atoms with E-state index in [1.807, 2.05) is 22.6 Å². The minimum Gasteiger partial charge on any atom is -0.395 e. The van der Waals surface area contributed by atoms with Crippen LogP contribution in [0.15, 0.2) is 48.8 Å². The van der Waals surface area contributed by atoms with Crippen molar-refractivity contribution in [2.45, 2.75) is 12.8 Å². The van der Waals surface area contributed by atoms with Crippen molar-refractivity contribution in [1.29, 1.82) is 0 Å². The molecule has 0 atom stereocenters. The van der Waals surface area contributed by atoms with E-state index in [0.29, 0.717) is 38.5 Å². The number of aromatic nitrogens is 2. The quantitative estimate of drug-likeness (QED) is 0.712. The van der Waals surface area contributed by atoms with E-state index in [9.17, 15) is 13.6 Å². The van der Waals surface area contributed by atoms with Gasteiger partial charge in [0.1, 0.15) is 11.5 Å². The van der Waals surface area contributed by atoms with Crippen molar-refractivity contribution in [1.82, 2.24) is 19.2 Å². The molecule has 0 bridgehead atoms. The van der Waals surface area contributed by atoms with Gasteiger partial charge in [0.25, 0.3) is 0 Å². The van der Waals surface area contributed by atoms with Crippen LogP contribution in [0.3, 0.4) is 0 Å². The number of hydrogen-bond donors (Lipinski definition) is 1. The van der Waals surface area contributed by atoms with E-state index < -0.39 is 6.29 Å². The van der Waals surface area contributed by atoms with Crippen LogP contribution in [0.5, 0.6) is 11.5 Å². The summed E-state index contributed by atoms with van der Waals surface area (Å²) < 4.78 is 37.1. The summed E-state index contributed by atoms with van der Waals surface area (Å²) >= 11 is 0. The second-order valence-electron chi connectivity index (χ2n) is 7.21. The molecule has 2 aliphatic rings. The van der Waals surface area contributed by atoms with E-state index in [1.54, 1.807) is 29.4 Å². The number of carbonyl (C=O) groups is 1. The summed E-state index contributed by atoms with van der Waals surface area (Å²) in [6.45, 7) is 3.05. The van der Waals surface area contributed by atoms with Crippen LogP contribution in [0.25, 0.3) is 5.65 Å². The van der Waals surface area contributed by atoms with Crippen LogP contribution in [0.1, 0.15) is 5.56 Å². The van der Waals surface area contributed by atoms with E-state index >= 15 is 0 Å². The first-order chi connectivity index (χ1) is 14.5. The third kappa shape index (κ3) is 3.61. The summed E-state index contributed by atoms with van der Waals surface area (Å²) in [7, 11) is 0. The minimum atomic E-state index is -3.61. The van der Waals surface area contributed by atoms with E-state index in [0.717, 1.165) is 11.2 Å². The van der Waals surface area contributed by atoms with Crippen molar-refractivity contribution in [2.75, 3.05) is 31.5 Å². The molecule has 1 fully saturated rings. The Bertz CT molecular complexity index is 1090. The number of nitrogens with zero attached hydrogens (tertiary/aromatic N) is 4. The van der Waals surface area contributed by atoms with E-state index in [-0.39, 0.29) is 17.5 Å². The molecular formula is C20H19F2N5O3. The Morgan fingerprint density at radius 3 is 2.73 bits per heavy atom. The molecule has 2 amide bonds. The van der Waals surface area contributed by atoms with Gasteiger partial charge in [0.2, 0.25) is 0 Å². The average Bonchev–Trinajstić information content (AvgIpc) is 3.31. The molecule has 2 aliphatic heterocycles. The van der Waals surface area contributed by atoms with Gasteiger partial charge in [-0.05, 0) is 29.8 Å². The second-order valence-corrected chi connectivity index (χ2v) is 7.21. The number of pyridine rings is 1. The highest BCUT2D eigenvalue weighted by Crippen LogP contribution is 2.41. The zero-order valence-electron chi connectivity index (χ0n) is 15.9.